The van der Waals surface area contributed by atoms with Gasteiger partial charge in [0.25, 0.3) is 5.24 Å². The molecule has 4 atom stereocenters. The number of ether oxygens (including phenoxy) is 2. The molecule has 0 aromatic heterocycles. The molecule has 1 unspecified atom stereocenters. The maximum atomic E-state index is 12.2. The van der Waals surface area contributed by atoms with E-state index in [0.29, 0.717) is 12.2 Å². The van der Waals surface area contributed by atoms with E-state index in [4.69, 9.17) is 9.47 Å². The van der Waals surface area contributed by atoms with Crippen molar-refractivity contribution in [3.8, 4) is 0 Å². The summed E-state index contributed by atoms with van der Waals surface area (Å²) in [5, 5.41) is 13.7. The summed E-state index contributed by atoms with van der Waals surface area (Å²) in [6, 6.07) is -0.486. The molecule has 3 heterocycles. The number of thioether (sulfide) groups is 1. The SMILES string of the molecule is C/C1=C/C(=O)OC2C[C@@H](CCC/C=C\CC1)O[C@@](O)([C@@H]1CSC(=O)N1)C2. The molecule has 2 saturated heterocycles. The van der Waals surface area contributed by atoms with E-state index in [1.165, 1.54) is 6.08 Å². The summed E-state index contributed by atoms with van der Waals surface area (Å²) in [5.74, 6) is -1.43. The Morgan fingerprint density at radius 3 is 2.85 bits per heavy atom. The maximum Gasteiger partial charge on any atom is 0.330 e. The van der Waals surface area contributed by atoms with Crippen LogP contribution in [-0.2, 0) is 14.3 Å². The van der Waals surface area contributed by atoms with Crippen LogP contribution in [0.25, 0.3) is 0 Å². The second-order valence-electron chi connectivity index (χ2n) is 7.31. The van der Waals surface area contributed by atoms with Crippen LogP contribution in [0.5, 0.6) is 0 Å². The molecule has 2 N–H and O–H groups in total. The summed E-state index contributed by atoms with van der Waals surface area (Å²) >= 11 is 1.14. The van der Waals surface area contributed by atoms with Crippen molar-refractivity contribution in [3.05, 3.63) is 23.8 Å². The lowest BCUT2D eigenvalue weighted by atomic mass is 9.91. The molecule has 7 heteroatoms. The lowest BCUT2D eigenvalue weighted by molar-refractivity contribution is -0.283. The van der Waals surface area contributed by atoms with Gasteiger partial charge in [-0.05, 0) is 39.0 Å². The minimum absolute atomic E-state index is 0.159. The van der Waals surface area contributed by atoms with Gasteiger partial charge >= 0.3 is 5.97 Å². The fraction of sp³-hybridized carbons (Fsp3) is 0.684. The monoisotopic (exact) mass is 381 g/mol. The van der Waals surface area contributed by atoms with Crippen LogP contribution in [-0.4, -0.2) is 46.1 Å². The Labute approximate surface area is 158 Å². The Morgan fingerprint density at radius 2 is 2.08 bits per heavy atom. The van der Waals surface area contributed by atoms with Crippen molar-refractivity contribution < 1.29 is 24.2 Å². The smallest absolute Gasteiger partial charge is 0.330 e. The van der Waals surface area contributed by atoms with Gasteiger partial charge in [-0.25, -0.2) is 4.79 Å². The van der Waals surface area contributed by atoms with Crippen molar-refractivity contribution in [3.63, 3.8) is 0 Å². The number of aliphatic hydroxyl groups is 1. The van der Waals surface area contributed by atoms with Gasteiger partial charge in [0, 0.05) is 24.7 Å². The minimum Gasteiger partial charge on any atom is -0.459 e. The molecule has 3 aliphatic rings. The van der Waals surface area contributed by atoms with Crippen LogP contribution in [0.2, 0.25) is 0 Å². The Balaban J connectivity index is 1.76. The highest BCUT2D eigenvalue weighted by Gasteiger charge is 2.49. The highest BCUT2D eigenvalue weighted by atomic mass is 32.2. The second-order valence-corrected chi connectivity index (χ2v) is 8.30. The van der Waals surface area contributed by atoms with E-state index in [1.54, 1.807) is 0 Å². The van der Waals surface area contributed by atoms with E-state index in [9.17, 15) is 14.7 Å². The van der Waals surface area contributed by atoms with E-state index >= 15 is 0 Å². The Kier molecular flexibility index (Phi) is 6.42. The van der Waals surface area contributed by atoms with Gasteiger partial charge in [-0.15, -0.1) is 0 Å². The Morgan fingerprint density at radius 1 is 1.27 bits per heavy atom. The number of carbonyl (C=O) groups is 2. The van der Waals surface area contributed by atoms with Gasteiger partial charge in [-0.1, -0.05) is 29.5 Å². The summed E-state index contributed by atoms with van der Waals surface area (Å²) in [7, 11) is 0. The summed E-state index contributed by atoms with van der Waals surface area (Å²) in [6.07, 6.45) is 10.4. The average molecular weight is 381 g/mol. The van der Waals surface area contributed by atoms with Crippen molar-refractivity contribution in [1.82, 2.24) is 5.32 Å². The van der Waals surface area contributed by atoms with E-state index < -0.39 is 17.9 Å². The average Bonchev–Trinajstić information content (AvgIpc) is 3.00. The van der Waals surface area contributed by atoms with Crippen molar-refractivity contribution in [1.29, 1.82) is 0 Å². The zero-order chi connectivity index (χ0) is 18.6. The molecular formula is C19H27NO5S. The summed E-state index contributed by atoms with van der Waals surface area (Å²) in [6.45, 7) is 1.93. The van der Waals surface area contributed by atoms with Crippen LogP contribution >= 0.6 is 11.8 Å². The minimum atomic E-state index is -1.50. The molecule has 0 aromatic carbocycles. The Hall–Kier alpha value is -1.31. The van der Waals surface area contributed by atoms with Crippen LogP contribution in [0.4, 0.5) is 4.79 Å². The van der Waals surface area contributed by atoms with Crippen LogP contribution in [0.1, 0.15) is 51.9 Å². The van der Waals surface area contributed by atoms with Crippen molar-refractivity contribution in [2.45, 2.75) is 75.9 Å². The normalized spacial score (nSPS) is 39.9. The first-order valence-corrected chi connectivity index (χ1v) is 10.3. The van der Waals surface area contributed by atoms with Gasteiger partial charge < -0.3 is 19.9 Å². The predicted octanol–water partition coefficient (Wildman–Crippen LogP) is 3.06. The standard InChI is InChI=1S/C19H27NO5S/c1-13-7-5-3-2-4-6-8-14-10-15(24-17(21)9-13)11-19(23,25-14)16-12-26-18(22)20-16/h2-3,9,14-16,23H,4-8,10-12H2,1H3,(H,20,22)/b3-2-,13-9-/t14-,15?,16+,19-/m1/s1. The lowest BCUT2D eigenvalue weighted by Gasteiger charge is -2.43. The number of hydrogen-bond acceptors (Lipinski definition) is 6. The molecule has 3 aliphatic heterocycles. The van der Waals surface area contributed by atoms with Crippen molar-refractivity contribution in [2.75, 3.05) is 5.75 Å². The third-order valence-electron chi connectivity index (χ3n) is 5.05. The molecule has 3 rings (SSSR count). The second kappa shape index (κ2) is 8.59. The molecule has 2 bridgehead atoms. The number of hydrogen-bond donors (Lipinski definition) is 2. The summed E-state index contributed by atoms with van der Waals surface area (Å²) in [4.78, 5) is 23.8. The largest absolute Gasteiger partial charge is 0.459 e. The first-order chi connectivity index (χ1) is 12.4. The molecule has 0 aliphatic carbocycles. The van der Waals surface area contributed by atoms with E-state index in [0.717, 1.165) is 49.4 Å². The molecule has 144 valence electrons. The number of rotatable bonds is 1. The third-order valence-corrected chi connectivity index (χ3v) is 5.93. The summed E-state index contributed by atoms with van der Waals surface area (Å²) < 4.78 is 11.6. The third kappa shape index (κ3) is 5.11. The summed E-state index contributed by atoms with van der Waals surface area (Å²) in [5.41, 5.74) is 0.982. The number of fused-ring (bicyclic) bond motifs is 2. The van der Waals surface area contributed by atoms with Gasteiger partial charge in [0.2, 0.25) is 0 Å². The fourth-order valence-electron chi connectivity index (χ4n) is 3.69. The van der Waals surface area contributed by atoms with Crippen LogP contribution in [0.15, 0.2) is 23.8 Å². The number of nitrogens with one attached hydrogen (secondary N) is 1. The molecule has 6 nitrogen and oxygen atoms in total. The molecule has 0 spiro atoms. The van der Waals surface area contributed by atoms with E-state index in [2.05, 4.69) is 17.5 Å². The van der Waals surface area contributed by atoms with Gasteiger partial charge in [0.1, 0.15) is 6.10 Å². The predicted molar refractivity (Wildman–Crippen MR) is 99.7 cm³/mol. The first kappa shape index (κ1) is 19.5. The van der Waals surface area contributed by atoms with Crippen molar-refractivity contribution in [2.24, 2.45) is 0 Å². The van der Waals surface area contributed by atoms with Crippen LogP contribution in [0, 0.1) is 0 Å². The lowest BCUT2D eigenvalue weighted by Crippen LogP contribution is -2.58. The zero-order valence-electron chi connectivity index (χ0n) is 15.1. The van der Waals surface area contributed by atoms with E-state index in [-0.39, 0.29) is 23.7 Å². The number of esters is 1. The Bertz CT molecular complexity index is 605. The van der Waals surface area contributed by atoms with Crippen molar-refractivity contribution >= 4 is 23.0 Å². The molecule has 2 fully saturated rings. The topological polar surface area (TPSA) is 84.9 Å². The molecule has 1 amide bonds. The molecule has 0 radical (unpaired) electrons. The van der Waals surface area contributed by atoms with Gasteiger partial charge in [0.15, 0.2) is 5.79 Å². The van der Waals surface area contributed by atoms with Crippen LogP contribution < -0.4 is 5.32 Å². The number of carbonyl (C=O) groups excluding carboxylic acids is 2. The van der Waals surface area contributed by atoms with E-state index in [1.807, 2.05) is 6.92 Å². The molecular weight excluding hydrogens is 354 g/mol. The molecule has 0 aromatic rings. The highest BCUT2D eigenvalue weighted by molar-refractivity contribution is 8.14. The van der Waals surface area contributed by atoms with Crippen LogP contribution in [0.3, 0.4) is 0 Å². The zero-order valence-corrected chi connectivity index (χ0v) is 15.9. The number of amides is 1. The van der Waals surface area contributed by atoms with Gasteiger partial charge in [0.05, 0.1) is 12.1 Å². The van der Waals surface area contributed by atoms with Gasteiger partial charge in [-0.3, -0.25) is 4.79 Å². The number of allylic oxidation sites excluding steroid dienone is 3. The quantitative estimate of drug-likeness (QED) is 0.536. The maximum absolute atomic E-state index is 12.2. The fourth-order valence-corrected chi connectivity index (χ4v) is 4.58. The molecule has 0 saturated carbocycles. The molecule has 26 heavy (non-hydrogen) atoms. The van der Waals surface area contributed by atoms with Gasteiger partial charge in [-0.2, -0.15) is 0 Å². The highest BCUT2D eigenvalue weighted by Crippen LogP contribution is 2.36. The first-order valence-electron chi connectivity index (χ1n) is 9.31.